The maximum atomic E-state index is 13.0. The Kier molecular flexibility index (Phi) is 4.67. The fourth-order valence-electron chi connectivity index (χ4n) is 1.37. The molecule has 2 aromatic rings. The quantitative estimate of drug-likeness (QED) is 0.900. The second kappa shape index (κ2) is 6.47. The van der Waals surface area contributed by atoms with Crippen LogP contribution in [0.25, 0.3) is 0 Å². The van der Waals surface area contributed by atoms with Crippen molar-refractivity contribution in [3.63, 3.8) is 0 Å². The number of halogens is 2. The molecule has 0 bridgehead atoms. The van der Waals surface area contributed by atoms with Crippen molar-refractivity contribution in [1.29, 1.82) is 0 Å². The Hall–Kier alpha value is -1.96. The van der Waals surface area contributed by atoms with Crippen molar-refractivity contribution < 1.29 is 13.9 Å². The summed E-state index contributed by atoms with van der Waals surface area (Å²) in [5, 5.41) is 2.94. The maximum Gasteiger partial charge on any atom is 0.330 e. The summed E-state index contributed by atoms with van der Waals surface area (Å²) in [5.74, 6) is 0.362. The first-order valence-electron chi connectivity index (χ1n) is 5.79. The highest BCUT2D eigenvalue weighted by Crippen LogP contribution is 2.29. The molecule has 0 saturated carbocycles. The Morgan fingerprint density at radius 1 is 1.25 bits per heavy atom. The molecule has 1 N–H and O–H groups in total. The van der Waals surface area contributed by atoms with E-state index in [4.69, 9.17) is 9.47 Å². The topological polar surface area (TPSA) is 69.2 Å². The molecule has 0 amide bonds. The number of nitrogens with one attached hydrogen (secondary N) is 1. The van der Waals surface area contributed by atoms with Gasteiger partial charge in [-0.25, -0.2) is 4.39 Å². The molecule has 1 aromatic carbocycles. The van der Waals surface area contributed by atoms with E-state index in [1.807, 2.05) is 6.92 Å². The first kappa shape index (κ1) is 14.4. The van der Waals surface area contributed by atoms with Crippen molar-refractivity contribution in [1.82, 2.24) is 15.0 Å². The molecule has 1 aromatic heterocycles. The monoisotopic (exact) mass is 342 g/mol. The Bertz CT molecular complexity index is 612. The van der Waals surface area contributed by atoms with Crippen LogP contribution in [0.15, 0.2) is 22.7 Å². The number of aromatic nitrogens is 3. The second-order valence-electron chi connectivity index (χ2n) is 3.64. The zero-order valence-electron chi connectivity index (χ0n) is 10.9. The van der Waals surface area contributed by atoms with E-state index >= 15 is 0 Å². The number of ether oxygens (including phenoxy) is 2. The number of benzene rings is 1. The van der Waals surface area contributed by atoms with E-state index in [1.54, 1.807) is 0 Å². The minimum Gasteiger partial charge on any atom is -0.467 e. The summed E-state index contributed by atoms with van der Waals surface area (Å²) in [6.45, 7) is 2.56. The van der Waals surface area contributed by atoms with Gasteiger partial charge in [-0.15, -0.1) is 4.98 Å². The van der Waals surface area contributed by atoms with Crippen molar-refractivity contribution in [3.05, 3.63) is 28.5 Å². The highest BCUT2D eigenvalue weighted by molar-refractivity contribution is 9.10. The Balaban J connectivity index is 2.29. The third-order valence-electron chi connectivity index (χ3n) is 2.21. The van der Waals surface area contributed by atoms with E-state index in [2.05, 4.69) is 36.2 Å². The van der Waals surface area contributed by atoms with Crippen LogP contribution in [0.3, 0.4) is 0 Å². The standard InChI is InChI=1S/C12H12BrFN4O2/c1-3-15-10-16-11(19-2)18-12(17-10)20-9-5-4-7(14)6-8(9)13/h4-6H,3H2,1-2H3,(H,15,16,17,18). The van der Waals surface area contributed by atoms with Gasteiger partial charge in [-0.05, 0) is 41.1 Å². The molecule has 1 heterocycles. The van der Waals surface area contributed by atoms with Gasteiger partial charge < -0.3 is 14.8 Å². The van der Waals surface area contributed by atoms with E-state index in [-0.39, 0.29) is 17.8 Å². The first-order chi connectivity index (χ1) is 9.62. The smallest absolute Gasteiger partial charge is 0.330 e. The van der Waals surface area contributed by atoms with Crippen LogP contribution in [0.1, 0.15) is 6.92 Å². The minimum absolute atomic E-state index is 0.0557. The molecule has 0 radical (unpaired) electrons. The first-order valence-corrected chi connectivity index (χ1v) is 6.58. The van der Waals surface area contributed by atoms with Crippen LogP contribution in [-0.4, -0.2) is 28.6 Å². The summed E-state index contributed by atoms with van der Waals surface area (Å²) >= 11 is 3.21. The normalized spacial score (nSPS) is 10.2. The molecule has 0 aliphatic carbocycles. The van der Waals surface area contributed by atoms with Gasteiger partial charge in [-0.2, -0.15) is 9.97 Å². The summed E-state index contributed by atoms with van der Waals surface area (Å²) in [4.78, 5) is 12.1. The highest BCUT2D eigenvalue weighted by atomic mass is 79.9. The largest absolute Gasteiger partial charge is 0.467 e. The van der Waals surface area contributed by atoms with E-state index < -0.39 is 0 Å². The summed E-state index contributed by atoms with van der Waals surface area (Å²) < 4.78 is 23.9. The highest BCUT2D eigenvalue weighted by Gasteiger charge is 2.10. The predicted octanol–water partition coefficient (Wildman–Crippen LogP) is 3.01. The third-order valence-corrected chi connectivity index (χ3v) is 2.83. The van der Waals surface area contributed by atoms with Crippen molar-refractivity contribution in [2.45, 2.75) is 6.92 Å². The molecular formula is C12H12BrFN4O2. The molecule has 0 spiro atoms. The van der Waals surface area contributed by atoms with Crippen LogP contribution in [0, 0.1) is 5.82 Å². The number of nitrogens with zero attached hydrogens (tertiary/aromatic N) is 3. The van der Waals surface area contributed by atoms with Crippen LogP contribution in [0.5, 0.6) is 17.8 Å². The number of rotatable bonds is 5. The maximum absolute atomic E-state index is 13.0. The zero-order chi connectivity index (χ0) is 14.5. The summed E-state index contributed by atoms with van der Waals surface area (Å²) in [7, 11) is 1.45. The number of methoxy groups -OCH3 is 1. The average molecular weight is 343 g/mol. The Labute approximate surface area is 123 Å². The van der Waals surface area contributed by atoms with Gasteiger partial charge in [0.05, 0.1) is 11.6 Å². The van der Waals surface area contributed by atoms with Crippen LogP contribution in [0.4, 0.5) is 10.3 Å². The van der Waals surface area contributed by atoms with Crippen molar-refractivity contribution in [2.75, 3.05) is 19.0 Å². The fourth-order valence-corrected chi connectivity index (χ4v) is 1.80. The molecular weight excluding hydrogens is 331 g/mol. The van der Waals surface area contributed by atoms with Crippen molar-refractivity contribution in [2.24, 2.45) is 0 Å². The van der Waals surface area contributed by atoms with Gasteiger partial charge >= 0.3 is 12.0 Å². The summed E-state index contributed by atoms with van der Waals surface area (Å²) in [6, 6.07) is 4.23. The molecule has 6 nitrogen and oxygen atoms in total. The predicted molar refractivity (Wildman–Crippen MR) is 74.7 cm³/mol. The molecule has 20 heavy (non-hydrogen) atoms. The van der Waals surface area contributed by atoms with Crippen molar-refractivity contribution in [3.8, 4) is 17.8 Å². The van der Waals surface area contributed by atoms with Crippen LogP contribution >= 0.6 is 15.9 Å². The van der Waals surface area contributed by atoms with Gasteiger partial charge in [0.2, 0.25) is 5.95 Å². The summed E-state index contributed by atoms with van der Waals surface area (Å²) in [6.07, 6.45) is 0. The lowest BCUT2D eigenvalue weighted by Crippen LogP contribution is -2.06. The molecule has 0 aliphatic heterocycles. The van der Waals surface area contributed by atoms with Gasteiger partial charge in [0.15, 0.2) is 0 Å². The van der Waals surface area contributed by atoms with Crippen molar-refractivity contribution >= 4 is 21.9 Å². The lowest BCUT2D eigenvalue weighted by Gasteiger charge is -2.08. The van der Waals surface area contributed by atoms with E-state index in [0.29, 0.717) is 22.7 Å². The van der Waals surface area contributed by atoms with Crippen LogP contribution < -0.4 is 14.8 Å². The SMILES string of the molecule is CCNc1nc(OC)nc(Oc2ccc(F)cc2Br)n1. The molecule has 106 valence electrons. The summed E-state index contributed by atoms with van der Waals surface area (Å²) in [5.41, 5.74) is 0. The molecule has 8 heteroatoms. The Morgan fingerprint density at radius 2 is 2.00 bits per heavy atom. The molecule has 0 fully saturated rings. The average Bonchev–Trinajstić information content (AvgIpc) is 2.42. The second-order valence-corrected chi connectivity index (χ2v) is 4.49. The van der Waals surface area contributed by atoms with E-state index in [1.165, 1.54) is 25.3 Å². The van der Waals surface area contributed by atoms with Gasteiger partial charge in [-0.3, -0.25) is 0 Å². The lowest BCUT2D eigenvalue weighted by atomic mass is 10.3. The van der Waals surface area contributed by atoms with Gasteiger partial charge in [0.25, 0.3) is 0 Å². The van der Waals surface area contributed by atoms with Crippen LogP contribution in [-0.2, 0) is 0 Å². The van der Waals surface area contributed by atoms with Gasteiger partial charge in [0.1, 0.15) is 11.6 Å². The zero-order valence-corrected chi connectivity index (χ0v) is 12.4. The van der Waals surface area contributed by atoms with Gasteiger partial charge in [0, 0.05) is 6.54 Å². The molecule has 0 aliphatic rings. The third kappa shape index (κ3) is 3.53. The molecule has 0 atom stereocenters. The number of anilines is 1. The van der Waals surface area contributed by atoms with Gasteiger partial charge in [-0.1, -0.05) is 0 Å². The minimum atomic E-state index is -0.370. The molecule has 0 unspecified atom stereocenters. The number of hydrogen-bond acceptors (Lipinski definition) is 6. The molecule has 0 saturated heterocycles. The molecule has 2 rings (SSSR count). The van der Waals surface area contributed by atoms with E-state index in [0.717, 1.165) is 0 Å². The van der Waals surface area contributed by atoms with Crippen LogP contribution in [0.2, 0.25) is 0 Å². The Morgan fingerprint density at radius 3 is 2.65 bits per heavy atom. The fraction of sp³-hybridized carbons (Fsp3) is 0.250. The van der Waals surface area contributed by atoms with E-state index in [9.17, 15) is 4.39 Å². The lowest BCUT2D eigenvalue weighted by molar-refractivity contribution is 0.359. The number of hydrogen-bond donors (Lipinski definition) is 1.